The Kier molecular flexibility index (Phi) is 6.30. The Labute approximate surface area is 126 Å². The molecule has 2 aromatic carbocycles. The maximum atomic E-state index is 9.16. The summed E-state index contributed by atoms with van der Waals surface area (Å²) in [6.45, 7) is 0.992. The minimum absolute atomic E-state index is 0.0625. The lowest BCUT2D eigenvalue weighted by Crippen LogP contribution is -1.94. The highest BCUT2D eigenvalue weighted by Gasteiger charge is 2.09. The third kappa shape index (κ3) is 4.44. The first kappa shape index (κ1) is 17.4. The number of phenols is 4. The standard InChI is InChI=1S/C8H10O3.C7H8O4/c1-5(9)6-3-2-4-7(10)8(6)11;8-4-11-6-3-1-2-5(9)7(6)10/h2-5,9-11H,1H3;1-3,8-10H,4H2. The zero-order valence-electron chi connectivity index (χ0n) is 11.8. The van der Waals surface area contributed by atoms with Gasteiger partial charge in [0.05, 0.1) is 6.10 Å². The molecule has 0 aliphatic rings. The quantitative estimate of drug-likeness (QED) is 0.375. The van der Waals surface area contributed by atoms with E-state index in [2.05, 4.69) is 4.74 Å². The number of aliphatic hydroxyl groups is 2. The van der Waals surface area contributed by atoms with Crippen LogP contribution in [-0.2, 0) is 0 Å². The van der Waals surface area contributed by atoms with Gasteiger partial charge in [0.25, 0.3) is 0 Å². The largest absolute Gasteiger partial charge is 0.504 e. The van der Waals surface area contributed by atoms with Gasteiger partial charge in [0.2, 0.25) is 5.75 Å². The molecule has 0 spiro atoms. The molecule has 0 fully saturated rings. The third-order valence-corrected chi connectivity index (χ3v) is 2.69. The lowest BCUT2D eigenvalue weighted by molar-refractivity contribution is 0.0951. The van der Waals surface area contributed by atoms with Crippen molar-refractivity contribution in [2.75, 3.05) is 6.79 Å². The van der Waals surface area contributed by atoms with Gasteiger partial charge in [-0.15, -0.1) is 0 Å². The summed E-state index contributed by atoms with van der Waals surface area (Å²) in [5.41, 5.74) is 0.338. The van der Waals surface area contributed by atoms with Crippen LogP contribution in [0.2, 0.25) is 0 Å². The van der Waals surface area contributed by atoms with Crippen LogP contribution in [0.4, 0.5) is 0 Å². The normalized spacial score (nSPS) is 11.2. The molecule has 0 aromatic heterocycles. The van der Waals surface area contributed by atoms with Gasteiger partial charge in [-0.25, -0.2) is 0 Å². The number of aromatic hydroxyl groups is 4. The van der Waals surface area contributed by atoms with Gasteiger partial charge >= 0.3 is 0 Å². The highest BCUT2D eigenvalue weighted by atomic mass is 16.6. The van der Waals surface area contributed by atoms with Crippen molar-refractivity contribution in [2.45, 2.75) is 13.0 Å². The molecule has 0 aliphatic heterocycles. The topological polar surface area (TPSA) is 131 Å². The second kappa shape index (κ2) is 7.96. The van der Waals surface area contributed by atoms with Crippen LogP contribution in [0.25, 0.3) is 0 Å². The molecule has 0 heterocycles. The van der Waals surface area contributed by atoms with Gasteiger partial charge in [0.15, 0.2) is 29.8 Å². The molecule has 0 saturated carbocycles. The van der Waals surface area contributed by atoms with Crippen LogP contribution in [-0.4, -0.2) is 37.4 Å². The summed E-state index contributed by atoms with van der Waals surface area (Å²) in [4.78, 5) is 0. The highest BCUT2D eigenvalue weighted by molar-refractivity contribution is 5.48. The fourth-order valence-electron chi connectivity index (χ4n) is 1.58. The van der Waals surface area contributed by atoms with Crippen molar-refractivity contribution in [1.82, 2.24) is 0 Å². The monoisotopic (exact) mass is 310 g/mol. The van der Waals surface area contributed by atoms with Gasteiger partial charge in [0, 0.05) is 5.56 Å². The number of aliphatic hydroxyl groups excluding tert-OH is 2. The zero-order chi connectivity index (χ0) is 16.7. The number of hydrogen-bond donors (Lipinski definition) is 6. The van der Waals surface area contributed by atoms with E-state index in [0.29, 0.717) is 5.56 Å². The van der Waals surface area contributed by atoms with Crippen LogP contribution in [0.3, 0.4) is 0 Å². The predicted molar refractivity (Wildman–Crippen MR) is 77.9 cm³/mol. The minimum atomic E-state index is -0.762. The SMILES string of the molecule is CC(O)c1cccc(O)c1O.OCOc1cccc(O)c1O. The molecule has 0 aliphatic carbocycles. The van der Waals surface area contributed by atoms with Crippen molar-refractivity contribution in [2.24, 2.45) is 0 Å². The number of benzene rings is 2. The Morgan fingerprint density at radius 1 is 0.909 bits per heavy atom. The van der Waals surface area contributed by atoms with Crippen molar-refractivity contribution in [3.63, 3.8) is 0 Å². The molecule has 7 heteroatoms. The van der Waals surface area contributed by atoms with Gasteiger partial charge < -0.3 is 35.4 Å². The second-order valence-corrected chi connectivity index (χ2v) is 4.29. The fraction of sp³-hybridized carbons (Fsp3) is 0.200. The zero-order valence-corrected chi connectivity index (χ0v) is 11.8. The van der Waals surface area contributed by atoms with Crippen LogP contribution >= 0.6 is 0 Å². The predicted octanol–water partition coefficient (Wildman–Crippen LogP) is 1.58. The van der Waals surface area contributed by atoms with Crippen molar-refractivity contribution in [3.05, 3.63) is 42.0 Å². The number of hydrogen-bond acceptors (Lipinski definition) is 7. The van der Waals surface area contributed by atoms with Crippen LogP contribution < -0.4 is 4.74 Å². The van der Waals surface area contributed by atoms with Gasteiger partial charge in [-0.3, -0.25) is 0 Å². The van der Waals surface area contributed by atoms with E-state index in [0.717, 1.165) is 0 Å². The van der Waals surface area contributed by atoms with E-state index in [1.165, 1.54) is 31.2 Å². The number of ether oxygens (including phenoxy) is 1. The summed E-state index contributed by atoms with van der Waals surface area (Å²) in [6.07, 6.45) is -0.762. The van der Waals surface area contributed by atoms with Gasteiger partial charge in [0.1, 0.15) is 0 Å². The Balaban J connectivity index is 0.000000220. The Bertz CT molecular complexity index is 611. The molecule has 1 atom stereocenters. The van der Waals surface area contributed by atoms with E-state index >= 15 is 0 Å². The van der Waals surface area contributed by atoms with E-state index in [1.807, 2.05) is 0 Å². The Hall–Kier alpha value is -2.64. The molecule has 22 heavy (non-hydrogen) atoms. The average molecular weight is 310 g/mol. The van der Waals surface area contributed by atoms with Gasteiger partial charge in [-0.05, 0) is 25.1 Å². The summed E-state index contributed by atoms with van der Waals surface area (Å²) >= 11 is 0. The fourth-order valence-corrected chi connectivity index (χ4v) is 1.58. The van der Waals surface area contributed by atoms with E-state index in [1.54, 1.807) is 12.1 Å². The lowest BCUT2D eigenvalue weighted by atomic mass is 10.1. The lowest BCUT2D eigenvalue weighted by Gasteiger charge is -2.07. The van der Waals surface area contributed by atoms with Crippen molar-refractivity contribution < 1.29 is 35.4 Å². The molecule has 0 radical (unpaired) electrons. The molecule has 120 valence electrons. The van der Waals surface area contributed by atoms with Crippen LogP contribution in [0, 0.1) is 0 Å². The number of para-hydroxylation sites is 2. The molecule has 1 unspecified atom stereocenters. The van der Waals surface area contributed by atoms with E-state index in [4.69, 9.17) is 30.6 Å². The van der Waals surface area contributed by atoms with E-state index in [-0.39, 0.29) is 28.7 Å². The van der Waals surface area contributed by atoms with Crippen molar-refractivity contribution >= 4 is 0 Å². The van der Waals surface area contributed by atoms with Crippen LogP contribution in [0.5, 0.6) is 28.7 Å². The van der Waals surface area contributed by atoms with Crippen LogP contribution in [0.1, 0.15) is 18.6 Å². The van der Waals surface area contributed by atoms with E-state index in [9.17, 15) is 0 Å². The van der Waals surface area contributed by atoms with Crippen LogP contribution in [0.15, 0.2) is 36.4 Å². The first-order chi connectivity index (χ1) is 10.4. The van der Waals surface area contributed by atoms with E-state index < -0.39 is 12.9 Å². The van der Waals surface area contributed by atoms with Crippen molar-refractivity contribution in [1.29, 1.82) is 0 Å². The summed E-state index contributed by atoms with van der Waals surface area (Å²) in [5.74, 6) is -1.02. The molecule has 2 aromatic rings. The summed E-state index contributed by atoms with van der Waals surface area (Å²) < 4.78 is 4.56. The number of phenolic OH excluding ortho intramolecular Hbond substituents is 4. The Morgan fingerprint density at radius 3 is 1.95 bits per heavy atom. The summed E-state index contributed by atoms with van der Waals surface area (Å²) in [6, 6.07) is 8.74. The third-order valence-electron chi connectivity index (χ3n) is 2.69. The molecule has 7 nitrogen and oxygen atoms in total. The Morgan fingerprint density at radius 2 is 1.45 bits per heavy atom. The molecule has 6 N–H and O–H groups in total. The molecule has 2 rings (SSSR count). The maximum absolute atomic E-state index is 9.16. The molecule has 0 saturated heterocycles. The number of rotatable bonds is 3. The average Bonchev–Trinajstić information content (AvgIpc) is 2.47. The second-order valence-electron chi connectivity index (χ2n) is 4.29. The summed E-state index contributed by atoms with van der Waals surface area (Å²) in [7, 11) is 0. The first-order valence-corrected chi connectivity index (χ1v) is 6.32. The maximum Gasteiger partial charge on any atom is 0.200 e. The first-order valence-electron chi connectivity index (χ1n) is 6.32. The van der Waals surface area contributed by atoms with Crippen molar-refractivity contribution in [3.8, 4) is 28.7 Å². The molecular weight excluding hydrogens is 292 g/mol. The minimum Gasteiger partial charge on any atom is -0.504 e. The highest BCUT2D eigenvalue weighted by Crippen LogP contribution is 2.34. The smallest absolute Gasteiger partial charge is 0.200 e. The summed E-state index contributed by atoms with van der Waals surface area (Å²) in [5, 5.41) is 53.5. The molecule has 0 bridgehead atoms. The molecule has 0 amide bonds. The van der Waals surface area contributed by atoms with Gasteiger partial charge in [-0.1, -0.05) is 18.2 Å². The molecular formula is C15H18O7. The van der Waals surface area contributed by atoms with Gasteiger partial charge in [-0.2, -0.15) is 0 Å².